The third kappa shape index (κ3) is 2.81. The Bertz CT molecular complexity index is 597. The molecule has 1 aromatic rings. The Kier molecular flexibility index (Phi) is 4.11. The Hall–Kier alpha value is -2.57. The van der Waals surface area contributed by atoms with Gasteiger partial charge in [0.1, 0.15) is 5.75 Å². The molecule has 1 amide bonds. The Balaban J connectivity index is 2.41. The molecule has 1 aromatic carbocycles. The number of amides is 1. The van der Waals surface area contributed by atoms with Gasteiger partial charge in [0.2, 0.25) is 5.91 Å². The van der Waals surface area contributed by atoms with E-state index in [0.717, 1.165) is 0 Å². The second kappa shape index (κ2) is 5.82. The molecule has 7 nitrogen and oxygen atoms in total. The van der Waals surface area contributed by atoms with Crippen LogP contribution in [0.15, 0.2) is 18.2 Å². The topological polar surface area (TPSA) is 93.1 Å². The predicted molar refractivity (Wildman–Crippen MR) is 72.4 cm³/mol. The molecule has 1 fully saturated rings. The highest BCUT2D eigenvalue weighted by Crippen LogP contribution is 2.31. The maximum atomic E-state index is 12.0. The van der Waals surface area contributed by atoms with E-state index in [0.29, 0.717) is 11.4 Å². The standard InChI is InChI=1S/C14H15NO6/c1-20-9-3-4-11(10(6-9)14(19)21-2)15-7-8(13(17)18)5-12(15)16/h3-4,6,8H,5,7H2,1-2H3,(H,17,18). The second-order valence-corrected chi connectivity index (χ2v) is 4.62. The van der Waals surface area contributed by atoms with Crippen LogP contribution in [-0.4, -0.2) is 43.7 Å². The van der Waals surface area contributed by atoms with Crippen LogP contribution in [0.4, 0.5) is 5.69 Å². The number of carbonyl (C=O) groups is 3. The van der Waals surface area contributed by atoms with Gasteiger partial charge in [-0.25, -0.2) is 4.79 Å². The van der Waals surface area contributed by atoms with Gasteiger partial charge in [0.05, 0.1) is 31.4 Å². The lowest BCUT2D eigenvalue weighted by Gasteiger charge is -2.19. The van der Waals surface area contributed by atoms with Gasteiger partial charge in [-0.05, 0) is 18.2 Å². The molecule has 0 radical (unpaired) electrons. The Morgan fingerprint density at radius 1 is 1.33 bits per heavy atom. The number of benzene rings is 1. The number of esters is 1. The van der Waals surface area contributed by atoms with E-state index in [2.05, 4.69) is 0 Å². The third-order valence-electron chi connectivity index (χ3n) is 3.37. The molecule has 1 heterocycles. The number of carboxylic acid groups (broad SMARTS) is 1. The molecule has 0 aliphatic carbocycles. The molecule has 1 unspecified atom stereocenters. The SMILES string of the molecule is COC(=O)c1cc(OC)ccc1N1CC(C(=O)O)CC1=O. The molecule has 1 atom stereocenters. The smallest absolute Gasteiger partial charge is 0.340 e. The Morgan fingerprint density at radius 3 is 2.57 bits per heavy atom. The molecule has 112 valence electrons. The molecule has 0 aromatic heterocycles. The van der Waals surface area contributed by atoms with Gasteiger partial charge >= 0.3 is 11.9 Å². The van der Waals surface area contributed by atoms with Crippen molar-refractivity contribution in [2.24, 2.45) is 5.92 Å². The monoisotopic (exact) mass is 293 g/mol. The van der Waals surface area contributed by atoms with Gasteiger partial charge in [-0.3, -0.25) is 9.59 Å². The number of anilines is 1. The Labute approximate surface area is 121 Å². The average molecular weight is 293 g/mol. The zero-order chi connectivity index (χ0) is 15.6. The van der Waals surface area contributed by atoms with Gasteiger partial charge in [0, 0.05) is 13.0 Å². The molecule has 1 N–H and O–H groups in total. The van der Waals surface area contributed by atoms with Crippen molar-refractivity contribution in [1.82, 2.24) is 0 Å². The third-order valence-corrected chi connectivity index (χ3v) is 3.37. The lowest BCUT2D eigenvalue weighted by atomic mass is 10.1. The molecule has 1 saturated heterocycles. The Morgan fingerprint density at radius 2 is 2.05 bits per heavy atom. The lowest BCUT2D eigenvalue weighted by molar-refractivity contribution is -0.141. The van der Waals surface area contributed by atoms with Gasteiger partial charge in [-0.2, -0.15) is 0 Å². The van der Waals surface area contributed by atoms with E-state index in [1.54, 1.807) is 12.1 Å². The molecule has 7 heteroatoms. The van der Waals surface area contributed by atoms with E-state index in [4.69, 9.17) is 14.6 Å². The van der Waals surface area contributed by atoms with Gasteiger partial charge in [-0.1, -0.05) is 0 Å². The van der Waals surface area contributed by atoms with Gasteiger partial charge < -0.3 is 19.5 Å². The summed E-state index contributed by atoms with van der Waals surface area (Å²) in [6.07, 6.45) is -0.0814. The first-order valence-corrected chi connectivity index (χ1v) is 6.27. The summed E-state index contributed by atoms with van der Waals surface area (Å²) >= 11 is 0. The van der Waals surface area contributed by atoms with Crippen molar-refractivity contribution in [2.45, 2.75) is 6.42 Å². The maximum absolute atomic E-state index is 12.0. The number of rotatable bonds is 4. The fourth-order valence-electron chi connectivity index (χ4n) is 2.26. The highest BCUT2D eigenvalue weighted by molar-refractivity contribution is 6.05. The maximum Gasteiger partial charge on any atom is 0.340 e. The number of hydrogen-bond donors (Lipinski definition) is 1. The number of carboxylic acids is 1. The van der Waals surface area contributed by atoms with Crippen molar-refractivity contribution in [3.05, 3.63) is 23.8 Å². The van der Waals surface area contributed by atoms with Gasteiger partial charge in [-0.15, -0.1) is 0 Å². The molecule has 0 spiro atoms. The molecule has 1 aliphatic heterocycles. The minimum absolute atomic E-state index is 0.0322. The van der Waals surface area contributed by atoms with E-state index in [1.807, 2.05) is 0 Å². The quantitative estimate of drug-likeness (QED) is 0.830. The van der Waals surface area contributed by atoms with Crippen molar-refractivity contribution in [3.8, 4) is 5.75 Å². The van der Waals surface area contributed by atoms with Crippen molar-refractivity contribution in [2.75, 3.05) is 25.7 Å². The van der Waals surface area contributed by atoms with E-state index in [1.165, 1.54) is 25.2 Å². The molecule has 21 heavy (non-hydrogen) atoms. The van der Waals surface area contributed by atoms with Crippen LogP contribution in [0, 0.1) is 5.92 Å². The molecule has 0 bridgehead atoms. The van der Waals surface area contributed by atoms with E-state index in [9.17, 15) is 14.4 Å². The number of methoxy groups -OCH3 is 2. The normalized spacial score (nSPS) is 17.7. The molecule has 2 rings (SSSR count). The van der Waals surface area contributed by atoms with E-state index in [-0.39, 0.29) is 24.4 Å². The molecule has 0 saturated carbocycles. The minimum Gasteiger partial charge on any atom is -0.497 e. The molecular formula is C14H15NO6. The average Bonchev–Trinajstić information content (AvgIpc) is 2.87. The first kappa shape index (κ1) is 14.8. The fraction of sp³-hybridized carbons (Fsp3) is 0.357. The number of hydrogen-bond acceptors (Lipinski definition) is 5. The van der Waals surface area contributed by atoms with Crippen LogP contribution in [0.3, 0.4) is 0 Å². The minimum atomic E-state index is -1.03. The van der Waals surface area contributed by atoms with Gasteiger partial charge in [0.25, 0.3) is 0 Å². The number of aliphatic carboxylic acids is 1. The number of nitrogens with zero attached hydrogens (tertiary/aromatic N) is 1. The van der Waals surface area contributed by atoms with Gasteiger partial charge in [0.15, 0.2) is 0 Å². The van der Waals surface area contributed by atoms with Crippen LogP contribution >= 0.6 is 0 Å². The van der Waals surface area contributed by atoms with E-state index >= 15 is 0 Å². The van der Waals surface area contributed by atoms with Crippen LogP contribution < -0.4 is 9.64 Å². The van der Waals surface area contributed by atoms with Crippen molar-refractivity contribution < 1.29 is 29.0 Å². The van der Waals surface area contributed by atoms with Crippen LogP contribution in [-0.2, 0) is 14.3 Å². The highest BCUT2D eigenvalue weighted by Gasteiger charge is 2.36. The van der Waals surface area contributed by atoms with Crippen molar-refractivity contribution >= 4 is 23.5 Å². The second-order valence-electron chi connectivity index (χ2n) is 4.62. The lowest BCUT2D eigenvalue weighted by Crippen LogP contribution is -2.27. The van der Waals surface area contributed by atoms with Crippen LogP contribution in [0.1, 0.15) is 16.8 Å². The highest BCUT2D eigenvalue weighted by atomic mass is 16.5. The summed E-state index contributed by atoms with van der Waals surface area (Å²) in [5, 5.41) is 9.01. The largest absolute Gasteiger partial charge is 0.497 e. The van der Waals surface area contributed by atoms with Crippen molar-refractivity contribution in [1.29, 1.82) is 0 Å². The first-order chi connectivity index (χ1) is 9.97. The predicted octanol–water partition coefficient (Wildman–Crippen LogP) is 0.919. The zero-order valence-corrected chi connectivity index (χ0v) is 11.7. The summed E-state index contributed by atoms with van der Waals surface area (Å²) in [7, 11) is 2.69. The van der Waals surface area contributed by atoms with Crippen molar-refractivity contribution in [3.63, 3.8) is 0 Å². The molecular weight excluding hydrogens is 278 g/mol. The zero-order valence-electron chi connectivity index (χ0n) is 11.7. The molecule has 1 aliphatic rings. The summed E-state index contributed by atoms with van der Waals surface area (Å²) in [4.78, 5) is 36.1. The fourth-order valence-corrected chi connectivity index (χ4v) is 2.26. The summed E-state index contributed by atoms with van der Waals surface area (Å²) in [5.41, 5.74) is 0.493. The number of ether oxygens (including phenoxy) is 2. The van der Waals surface area contributed by atoms with Crippen LogP contribution in [0.2, 0.25) is 0 Å². The van der Waals surface area contributed by atoms with Crippen LogP contribution in [0.5, 0.6) is 5.75 Å². The van der Waals surface area contributed by atoms with E-state index < -0.39 is 17.9 Å². The summed E-state index contributed by atoms with van der Waals surface area (Å²) in [5.74, 6) is -2.31. The summed E-state index contributed by atoms with van der Waals surface area (Å²) in [6.45, 7) is 0.0322. The van der Waals surface area contributed by atoms with Crippen LogP contribution in [0.25, 0.3) is 0 Å². The summed E-state index contributed by atoms with van der Waals surface area (Å²) in [6, 6.07) is 4.61. The first-order valence-electron chi connectivity index (χ1n) is 6.27. The summed E-state index contributed by atoms with van der Waals surface area (Å²) < 4.78 is 9.74. The number of carbonyl (C=O) groups excluding carboxylic acids is 2.